The van der Waals surface area contributed by atoms with Gasteiger partial charge in [-0.3, -0.25) is 4.79 Å². The Hall–Kier alpha value is -1.51. The molecule has 0 radical (unpaired) electrons. The van der Waals surface area contributed by atoms with E-state index < -0.39 is 0 Å². The molecule has 3 heteroatoms. The predicted octanol–water partition coefficient (Wildman–Crippen LogP) is 2.19. The second-order valence-electron chi connectivity index (χ2n) is 3.81. The van der Waals surface area contributed by atoms with E-state index in [1.807, 2.05) is 26.0 Å². The summed E-state index contributed by atoms with van der Waals surface area (Å²) in [5.74, 6) is 0.0319. The lowest BCUT2D eigenvalue weighted by Gasteiger charge is -2.15. The largest absolute Gasteiger partial charge is 0.374 e. The van der Waals surface area contributed by atoms with Gasteiger partial charge < -0.3 is 10.6 Å². The summed E-state index contributed by atoms with van der Waals surface area (Å²) < 4.78 is 0. The molecule has 1 unspecified atom stereocenters. The van der Waals surface area contributed by atoms with Gasteiger partial charge in [0.05, 0.1) is 0 Å². The minimum Gasteiger partial charge on any atom is -0.374 e. The molecule has 0 aliphatic carbocycles. The lowest BCUT2D eigenvalue weighted by atomic mass is 10.1. The Labute approximate surface area is 97.2 Å². The van der Waals surface area contributed by atoms with Gasteiger partial charge in [0.1, 0.15) is 6.04 Å². The predicted molar refractivity (Wildman–Crippen MR) is 67.6 cm³/mol. The van der Waals surface area contributed by atoms with Gasteiger partial charge in [-0.2, -0.15) is 0 Å². The van der Waals surface area contributed by atoms with Crippen molar-refractivity contribution in [1.82, 2.24) is 5.32 Å². The fourth-order valence-electron chi connectivity index (χ4n) is 1.52. The lowest BCUT2D eigenvalue weighted by molar-refractivity contribution is -0.121. The van der Waals surface area contributed by atoms with Crippen LogP contribution in [0.2, 0.25) is 0 Å². The van der Waals surface area contributed by atoms with Gasteiger partial charge in [0.15, 0.2) is 0 Å². The van der Waals surface area contributed by atoms with Crippen molar-refractivity contribution in [3.63, 3.8) is 0 Å². The Bertz CT molecular complexity index is 350. The second-order valence-corrected chi connectivity index (χ2v) is 3.81. The van der Waals surface area contributed by atoms with E-state index in [0.717, 1.165) is 12.1 Å². The van der Waals surface area contributed by atoms with Gasteiger partial charge in [-0.15, -0.1) is 0 Å². The minimum atomic E-state index is -0.202. The average Bonchev–Trinajstić information content (AvgIpc) is 2.29. The lowest BCUT2D eigenvalue weighted by Crippen LogP contribution is -2.37. The fourth-order valence-corrected chi connectivity index (χ4v) is 1.52. The minimum absolute atomic E-state index is 0.0319. The van der Waals surface area contributed by atoms with E-state index in [1.165, 1.54) is 5.56 Å². The van der Waals surface area contributed by atoms with Crippen LogP contribution < -0.4 is 10.6 Å². The number of benzene rings is 1. The van der Waals surface area contributed by atoms with Gasteiger partial charge >= 0.3 is 0 Å². The van der Waals surface area contributed by atoms with E-state index in [4.69, 9.17) is 0 Å². The van der Waals surface area contributed by atoms with Crippen LogP contribution in [0.4, 0.5) is 5.69 Å². The highest BCUT2D eigenvalue weighted by Crippen LogP contribution is 2.12. The number of anilines is 1. The standard InChI is InChI=1S/C13H20N2O/c1-4-11-7-6-8-12(9-11)15-10(3)13(16)14-5-2/h6-10,15H,4-5H2,1-3H3,(H,14,16). The van der Waals surface area contributed by atoms with Gasteiger partial charge in [0.25, 0.3) is 0 Å². The summed E-state index contributed by atoms with van der Waals surface area (Å²) in [6, 6.07) is 7.95. The second kappa shape index (κ2) is 6.16. The van der Waals surface area contributed by atoms with E-state index in [2.05, 4.69) is 29.7 Å². The molecular weight excluding hydrogens is 200 g/mol. The number of nitrogens with one attached hydrogen (secondary N) is 2. The van der Waals surface area contributed by atoms with E-state index >= 15 is 0 Å². The normalized spacial score (nSPS) is 11.9. The first-order valence-corrected chi connectivity index (χ1v) is 5.80. The highest BCUT2D eigenvalue weighted by atomic mass is 16.2. The summed E-state index contributed by atoms with van der Waals surface area (Å²) in [6.07, 6.45) is 1.01. The molecule has 0 saturated heterocycles. The van der Waals surface area contributed by atoms with Crippen molar-refractivity contribution >= 4 is 11.6 Å². The van der Waals surface area contributed by atoms with Gasteiger partial charge in [0.2, 0.25) is 5.91 Å². The third-order valence-corrected chi connectivity index (χ3v) is 2.46. The Morgan fingerprint density at radius 1 is 1.38 bits per heavy atom. The average molecular weight is 220 g/mol. The maximum absolute atomic E-state index is 11.5. The molecule has 1 aromatic rings. The van der Waals surface area contributed by atoms with Crippen LogP contribution in [0, 0.1) is 0 Å². The molecule has 0 saturated carbocycles. The molecule has 0 bridgehead atoms. The molecule has 16 heavy (non-hydrogen) atoms. The molecule has 0 aliphatic heterocycles. The maximum atomic E-state index is 11.5. The number of carbonyl (C=O) groups excluding carboxylic acids is 1. The zero-order chi connectivity index (χ0) is 12.0. The van der Waals surface area contributed by atoms with Crippen molar-refractivity contribution in [2.45, 2.75) is 33.2 Å². The van der Waals surface area contributed by atoms with Gasteiger partial charge in [-0.05, 0) is 38.0 Å². The molecule has 0 fully saturated rings. The highest BCUT2D eigenvalue weighted by Gasteiger charge is 2.10. The smallest absolute Gasteiger partial charge is 0.242 e. The number of likely N-dealkylation sites (N-methyl/N-ethyl adjacent to an activating group) is 1. The molecule has 1 rings (SSSR count). The molecule has 0 aromatic heterocycles. The number of hydrogen-bond acceptors (Lipinski definition) is 2. The molecular formula is C13H20N2O. The van der Waals surface area contributed by atoms with Crippen LogP contribution in [0.1, 0.15) is 26.3 Å². The Balaban J connectivity index is 2.61. The number of hydrogen-bond donors (Lipinski definition) is 2. The number of rotatable bonds is 5. The summed E-state index contributed by atoms with van der Waals surface area (Å²) >= 11 is 0. The van der Waals surface area contributed by atoms with Crippen molar-refractivity contribution in [3.05, 3.63) is 29.8 Å². The molecule has 1 aromatic carbocycles. The topological polar surface area (TPSA) is 41.1 Å². The summed E-state index contributed by atoms with van der Waals surface area (Å²) in [6.45, 7) is 6.57. The number of amides is 1. The molecule has 2 N–H and O–H groups in total. The van der Waals surface area contributed by atoms with Gasteiger partial charge in [0, 0.05) is 12.2 Å². The quantitative estimate of drug-likeness (QED) is 0.798. The molecule has 0 heterocycles. The van der Waals surface area contributed by atoms with Crippen LogP contribution in [-0.2, 0) is 11.2 Å². The van der Waals surface area contributed by atoms with E-state index in [1.54, 1.807) is 0 Å². The first kappa shape index (κ1) is 12.6. The van der Waals surface area contributed by atoms with E-state index in [-0.39, 0.29) is 11.9 Å². The Morgan fingerprint density at radius 2 is 2.12 bits per heavy atom. The van der Waals surface area contributed by atoms with Crippen molar-refractivity contribution in [2.24, 2.45) is 0 Å². The zero-order valence-corrected chi connectivity index (χ0v) is 10.2. The van der Waals surface area contributed by atoms with Crippen LogP contribution in [-0.4, -0.2) is 18.5 Å². The van der Waals surface area contributed by atoms with Gasteiger partial charge in [-0.25, -0.2) is 0 Å². The molecule has 1 amide bonds. The summed E-state index contributed by atoms with van der Waals surface area (Å²) in [7, 11) is 0. The highest BCUT2D eigenvalue weighted by molar-refractivity contribution is 5.84. The number of aryl methyl sites for hydroxylation is 1. The molecule has 1 atom stereocenters. The van der Waals surface area contributed by atoms with Gasteiger partial charge in [-0.1, -0.05) is 19.1 Å². The Morgan fingerprint density at radius 3 is 2.75 bits per heavy atom. The van der Waals surface area contributed by atoms with Crippen LogP contribution >= 0.6 is 0 Å². The summed E-state index contributed by atoms with van der Waals surface area (Å²) in [4.78, 5) is 11.5. The van der Waals surface area contributed by atoms with E-state index in [9.17, 15) is 4.79 Å². The molecule has 88 valence electrons. The van der Waals surface area contributed by atoms with Crippen LogP contribution in [0.25, 0.3) is 0 Å². The van der Waals surface area contributed by atoms with Crippen LogP contribution in [0.3, 0.4) is 0 Å². The van der Waals surface area contributed by atoms with Crippen molar-refractivity contribution in [2.75, 3.05) is 11.9 Å². The first-order chi connectivity index (χ1) is 7.67. The summed E-state index contributed by atoms with van der Waals surface area (Å²) in [5, 5.41) is 5.98. The molecule has 3 nitrogen and oxygen atoms in total. The van der Waals surface area contributed by atoms with Crippen LogP contribution in [0.5, 0.6) is 0 Å². The third-order valence-electron chi connectivity index (χ3n) is 2.46. The molecule has 0 aliphatic rings. The summed E-state index contributed by atoms with van der Waals surface area (Å²) in [5.41, 5.74) is 2.27. The monoisotopic (exact) mass is 220 g/mol. The van der Waals surface area contributed by atoms with Crippen molar-refractivity contribution < 1.29 is 4.79 Å². The first-order valence-electron chi connectivity index (χ1n) is 5.80. The maximum Gasteiger partial charge on any atom is 0.242 e. The van der Waals surface area contributed by atoms with Crippen molar-refractivity contribution in [3.8, 4) is 0 Å². The SMILES string of the molecule is CCNC(=O)C(C)Nc1cccc(CC)c1. The Kier molecular flexibility index (Phi) is 4.83. The fraction of sp³-hybridized carbons (Fsp3) is 0.462. The number of carbonyl (C=O) groups is 1. The van der Waals surface area contributed by atoms with Crippen LogP contribution in [0.15, 0.2) is 24.3 Å². The van der Waals surface area contributed by atoms with E-state index in [0.29, 0.717) is 6.54 Å². The molecule has 0 spiro atoms. The van der Waals surface area contributed by atoms with Crippen molar-refractivity contribution in [1.29, 1.82) is 0 Å². The zero-order valence-electron chi connectivity index (χ0n) is 10.2. The third kappa shape index (κ3) is 3.57.